The first kappa shape index (κ1) is 26.8. The van der Waals surface area contributed by atoms with Crippen LogP contribution in [0.4, 0.5) is 13.2 Å². The van der Waals surface area contributed by atoms with Gasteiger partial charge in [-0.2, -0.15) is 13.2 Å². The molecule has 1 aliphatic rings. The highest BCUT2D eigenvalue weighted by Gasteiger charge is 2.38. The van der Waals surface area contributed by atoms with Crippen LogP contribution in [-0.2, 0) is 37.4 Å². The number of para-hydroxylation sites is 2. The number of halogens is 3. The largest absolute Gasteiger partial charge is 0.416 e. The Morgan fingerprint density at radius 3 is 2.38 bits per heavy atom. The molecule has 1 fully saturated rings. The van der Waals surface area contributed by atoms with Crippen molar-refractivity contribution in [2.75, 3.05) is 0 Å². The second-order valence-electron chi connectivity index (χ2n) is 9.05. The summed E-state index contributed by atoms with van der Waals surface area (Å²) < 4.78 is 94.8. The lowest BCUT2D eigenvalue weighted by Gasteiger charge is -2.18. The number of carbonyl (C=O) groups is 1. The highest BCUT2D eigenvalue weighted by atomic mass is 32.2. The third-order valence-corrected chi connectivity index (χ3v) is 9.47. The molecular weight excluding hydrogens is 557 g/mol. The lowest BCUT2D eigenvalue weighted by Crippen LogP contribution is -2.31. The Balaban J connectivity index is 1.47. The van der Waals surface area contributed by atoms with Crippen molar-refractivity contribution in [3.63, 3.8) is 0 Å². The van der Waals surface area contributed by atoms with Crippen molar-refractivity contribution in [1.29, 1.82) is 0 Å². The quantitative estimate of drug-likeness (QED) is 0.306. The van der Waals surface area contributed by atoms with Crippen LogP contribution in [0.5, 0.6) is 0 Å². The number of amides is 1. The van der Waals surface area contributed by atoms with Gasteiger partial charge in [0, 0.05) is 0 Å². The van der Waals surface area contributed by atoms with E-state index >= 15 is 0 Å². The molecule has 2 atom stereocenters. The second-order valence-corrected chi connectivity index (χ2v) is 12.6. The third kappa shape index (κ3) is 5.67. The molecule has 39 heavy (non-hydrogen) atoms. The number of nitrogens with zero attached hydrogens (tertiary/aromatic N) is 1. The number of carbonyl (C=O) groups excluding carboxylic acids is 1. The van der Waals surface area contributed by atoms with Crippen LogP contribution in [0.3, 0.4) is 0 Å². The standard InChI is InChI=1S/C25H21F3N4O5S2/c26-25(27,28)17-4-3-5-18(13-17)38(34,35)31-21(24-29-19-6-1-2-7-20(19)30-24)12-15-8-10-16(11-9-15)22-14-23(33)32-39(22,36)37/h1-11,13,21-22,31H,12,14H2,(H,29,30)(H,32,33)/t21-,22?/m0/s1. The van der Waals surface area contributed by atoms with Crippen LogP contribution in [0.2, 0.25) is 0 Å². The molecule has 1 aliphatic heterocycles. The van der Waals surface area contributed by atoms with Gasteiger partial charge in [0.2, 0.25) is 26.0 Å². The van der Waals surface area contributed by atoms with Crippen LogP contribution in [0, 0.1) is 0 Å². The number of hydrogen-bond acceptors (Lipinski definition) is 6. The molecule has 1 saturated heterocycles. The Morgan fingerprint density at radius 2 is 1.74 bits per heavy atom. The van der Waals surface area contributed by atoms with E-state index in [9.17, 15) is 34.8 Å². The number of nitrogens with one attached hydrogen (secondary N) is 3. The molecule has 0 bridgehead atoms. The summed E-state index contributed by atoms with van der Waals surface area (Å²) in [6, 6.07) is 15.7. The summed E-state index contributed by atoms with van der Waals surface area (Å²) in [6.07, 6.45) is -4.90. The predicted molar refractivity (Wildman–Crippen MR) is 135 cm³/mol. The summed E-state index contributed by atoms with van der Waals surface area (Å²) in [5, 5.41) is -1.04. The minimum Gasteiger partial charge on any atom is -0.341 e. The summed E-state index contributed by atoms with van der Waals surface area (Å²) >= 11 is 0. The molecule has 3 aromatic carbocycles. The number of hydrogen-bond donors (Lipinski definition) is 3. The summed E-state index contributed by atoms with van der Waals surface area (Å²) in [4.78, 5) is 18.5. The molecule has 0 saturated carbocycles. The molecule has 1 aromatic heterocycles. The van der Waals surface area contributed by atoms with E-state index < -0.39 is 53.9 Å². The molecule has 204 valence electrons. The van der Waals surface area contributed by atoms with Crippen molar-refractivity contribution >= 4 is 37.0 Å². The number of aromatic nitrogens is 2. The molecule has 2 heterocycles. The van der Waals surface area contributed by atoms with E-state index in [1.165, 1.54) is 12.1 Å². The van der Waals surface area contributed by atoms with Gasteiger partial charge in [-0.15, -0.1) is 0 Å². The van der Waals surface area contributed by atoms with E-state index in [2.05, 4.69) is 14.7 Å². The molecule has 14 heteroatoms. The Hall–Kier alpha value is -3.75. The first-order valence-electron chi connectivity index (χ1n) is 11.6. The summed E-state index contributed by atoms with van der Waals surface area (Å²) in [5.74, 6) is -0.359. The minimum absolute atomic E-state index is 0.0346. The van der Waals surface area contributed by atoms with Gasteiger partial charge in [0.25, 0.3) is 0 Å². The van der Waals surface area contributed by atoms with Crippen LogP contribution < -0.4 is 9.44 Å². The van der Waals surface area contributed by atoms with E-state index in [-0.39, 0.29) is 18.7 Å². The topological polar surface area (TPSA) is 138 Å². The maximum Gasteiger partial charge on any atom is 0.416 e. The van der Waals surface area contributed by atoms with Crippen molar-refractivity contribution in [2.45, 2.75) is 35.2 Å². The number of benzene rings is 3. The van der Waals surface area contributed by atoms with E-state index in [4.69, 9.17) is 0 Å². The Labute approximate surface area is 221 Å². The maximum absolute atomic E-state index is 13.2. The monoisotopic (exact) mass is 578 g/mol. The normalized spacial score (nSPS) is 18.2. The van der Waals surface area contributed by atoms with Crippen LogP contribution >= 0.6 is 0 Å². The number of fused-ring (bicyclic) bond motifs is 1. The van der Waals surface area contributed by atoms with E-state index in [0.29, 0.717) is 28.2 Å². The molecule has 0 radical (unpaired) electrons. The molecule has 3 N–H and O–H groups in total. The number of H-pyrrole nitrogens is 1. The maximum atomic E-state index is 13.2. The number of aromatic amines is 1. The van der Waals surface area contributed by atoms with Crippen molar-refractivity contribution in [3.8, 4) is 0 Å². The zero-order valence-electron chi connectivity index (χ0n) is 19.9. The minimum atomic E-state index is -4.72. The van der Waals surface area contributed by atoms with Gasteiger partial charge in [-0.1, -0.05) is 42.5 Å². The molecule has 0 aliphatic carbocycles. The van der Waals surface area contributed by atoms with E-state index in [1.54, 1.807) is 36.4 Å². The van der Waals surface area contributed by atoms with E-state index in [1.807, 2.05) is 4.72 Å². The van der Waals surface area contributed by atoms with Gasteiger partial charge in [-0.3, -0.25) is 9.52 Å². The third-order valence-electron chi connectivity index (χ3n) is 6.30. The highest BCUT2D eigenvalue weighted by molar-refractivity contribution is 7.90. The van der Waals surface area contributed by atoms with Crippen molar-refractivity contribution < 1.29 is 34.8 Å². The van der Waals surface area contributed by atoms with Crippen LogP contribution in [0.1, 0.15) is 40.2 Å². The Morgan fingerprint density at radius 1 is 1.03 bits per heavy atom. The second kappa shape index (κ2) is 9.77. The molecule has 9 nitrogen and oxygen atoms in total. The zero-order valence-corrected chi connectivity index (χ0v) is 21.6. The van der Waals surface area contributed by atoms with Crippen LogP contribution in [0.25, 0.3) is 11.0 Å². The average molecular weight is 579 g/mol. The highest BCUT2D eigenvalue weighted by Crippen LogP contribution is 2.32. The zero-order chi connectivity index (χ0) is 28.0. The van der Waals surface area contributed by atoms with Crippen LogP contribution in [0.15, 0.2) is 77.7 Å². The van der Waals surface area contributed by atoms with Crippen molar-refractivity contribution in [2.24, 2.45) is 0 Å². The number of alkyl halides is 3. The van der Waals surface area contributed by atoms with Crippen molar-refractivity contribution in [3.05, 3.63) is 95.3 Å². The fraction of sp³-hybridized carbons (Fsp3) is 0.200. The summed E-state index contributed by atoms with van der Waals surface area (Å²) in [5.41, 5.74) is 1.08. The van der Waals surface area contributed by atoms with Gasteiger partial charge in [0.05, 0.1) is 34.0 Å². The van der Waals surface area contributed by atoms with Crippen LogP contribution in [-0.4, -0.2) is 32.7 Å². The number of rotatable bonds is 7. The number of sulfonamides is 2. The molecule has 5 rings (SSSR count). The first-order chi connectivity index (χ1) is 18.3. The van der Waals surface area contributed by atoms with Gasteiger partial charge in [-0.25, -0.2) is 26.5 Å². The first-order valence-corrected chi connectivity index (χ1v) is 14.6. The van der Waals surface area contributed by atoms with Gasteiger partial charge >= 0.3 is 6.18 Å². The fourth-order valence-corrected chi connectivity index (χ4v) is 7.05. The lowest BCUT2D eigenvalue weighted by molar-refractivity contribution is -0.137. The van der Waals surface area contributed by atoms with Gasteiger partial charge in [0.15, 0.2) is 0 Å². The van der Waals surface area contributed by atoms with Gasteiger partial charge < -0.3 is 4.98 Å². The fourth-order valence-electron chi connectivity index (χ4n) is 4.38. The molecule has 4 aromatic rings. The molecule has 0 spiro atoms. The van der Waals surface area contributed by atoms with Gasteiger partial charge in [0.1, 0.15) is 11.1 Å². The predicted octanol–water partition coefficient (Wildman–Crippen LogP) is 3.73. The van der Waals surface area contributed by atoms with Gasteiger partial charge in [-0.05, 0) is 47.9 Å². The molecule has 1 unspecified atom stereocenters. The summed E-state index contributed by atoms with van der Waals surface area (Å²) in [7, 11) is -8.26. The van der Waals surface area contributed by atoms with E-state index in [0.717, 1.165) is 18.2 Å². The van der Waals surface area contributed by atoms with Crippen molar-refractivity contribution in [1.82, 2.24) is 19.4 Å². The Kier molecular flexibility index (Phi) is 6.73. The lowest BCUT2D eigenvalue weighted by atomic mass is 10.0. The SMILES string of the molecule is O=C1CC(c2ccc(C[C@H](NS(=O)(=O)c3cccc(C(F)(F)F)c3)c3nc4ccccc4[nH]3)cc2)S(=O)(=O)N1. The number of imidazole rings is 1. The molecular formula is C25H21F3N4O5S2. The smallest absolute Gasteiger partial charge is 0.341 e. The summed E-state index contributed by atoms with van der Waals surface area (Å²) in [6.45, 7) is 0. The molecule has 1 amide bonds. The average Bonchev–Trinajstić information content (AvgIpc) is 3.43. The Bertz CT molecular complexity index is 1740.